The van der Waals surface area contributed by atoms with Gasteiger partial charge in [0.25, 0.3) is 5.91 Å². The molecule has 0 atom stereocenters. The molecule has 0 unspecified atom stereocenters. The van der Waals surface area contributed by atoms with Gasteiger partial charge < -0.3 is 5.32 Å². The number of amides is 1. The van der Waals surface area contributed by atoms with Crippen molar-refractivity contribution in [2.45, 2.75) is 0 Å². The van der Waals surface area contributed by atoms with Gasteiger partial charge in [-0.2, -0.15) is 0 Å². The van der Waals surface area contributed by atoms with Crippen LogP contribution in [0.25, 0.3) is 11.6 Å². The van der Waals surface area contributed by atoms with Crippen LogP contribution >= 0.6 is 23.2 Å². The van der Waals surface area contributed by atoms with Crippen molar-refractivity contribution in [2.75, 3.05) is 5.32 Å². The lowest BCUT2D eigenvalue weighted by molar-refractivity contribution is -0.111. The maximum atomic E-state index is 13.3. The van der Waals surface area contributed by atoms with Crippen molar-refractivity contribution in [1.82, 2.24) is 0 Å². The van der Waals surface area contributed by atoms with Gasteiger partial charge in [-0.15, -0.1) is 0 Å². The van der Waals surface area contributed by atoms with Crippen LogP contribution in [0, 0.1) is 5.82 Å². The van der Waals surface area contributed by atoms with E-state index in [1.54, 1.807) is 12.1 Å². The van der Waals surface area contributed by atoms with Crippen LogP contribution < -0.4 is 5.32 Å². The topological polar surface area (TPSA) is 29.1 Å². The van der Waals surface area contributed by atoms with Crippen LogP contribution in [0.1, 0.15) is 11.1 Å². The van der Waals surface area contributed by atoms with Crippen molar-refractivity contribution in [3.63, 3.8) is 0 Å². The highest BCUT2D eigenvalue weighted by Crippen LogP contribution is 2.25. The zero-order valence-corrected chi connectivity index (χ0v) is 15.1. The maximum absolute atomic E-state index is 13.3. The van der Waals surface area contributed by atoms with Crippen molar-refractivity contribution in [3.05, 3.63) is 99.8 Å². The minimum absolute atomic E-state index is 0.0563. The largest absolute Gasteiger partial charge is 0.322 e. The van der Waals surface area contributed by atoms with E-state index in [0.717, 1.165) is 11.1 Å². The zero-order chi connectivity index (χ0) is 18.5. The third-order valence-corrected chi connectivity index (χ3v) is 4.35. The van der Waals surface area contributed by atoms with Crippen molar-refractivity contribution in [3.8, 4) is 0 Å². The molecule has 3 rings (SSSR count). The molecular formula is C21H14Cl2FNO. The summed E-state index contributed by atoms with van der Waals surface area (Å²) in [6.07, 6.45) is 1.72. The fourth-order valence-electron chi connectivity index (χ4n) is 2.42. The molecule has 0 aliphatic heterocycles. The molecule has 0 saturated carbocycles. The van der Waals surface area contributed by atoms with Crippen molar-refractivity contribution in [2.24, 2.45) is 0 Å². The number of rotatable bonds is 4. The molecule has 0 fully saturated rings. The first-order chi connectivity index (χ1) is 12.5. The molecule has 0 bridgehead atoms. The molecule has 0 radical (unpaired) electrons. The van der Waals surface area contributed by atoms with E-state index >= 15 is 0 Å². The number of hydrogen-bond acceptors (Lipinski definition) is 1. The van der Waals surface area contributed by atoms with Gasteiger partial charge in [0.1, 0.15) is 5.82 Å². The van der Waals surface area contributed by atoms with Gasteiger partial charge in [-0.3, -0.25) is 4.79 Å². The van der Waals surface area contributed by atoms with Gasteiger partial charge in [-0.25, -0.2) is 4.39 Å². The molecule has 0 saturated heterocycles. The lowest BCUT2D eigenvalue weighted by Crippen LogP contribution is -2.13. The Labute approximate surface area is 160 Å². The summed E-state index contributed by atoms with van der Waals surface area (Å²) in [7, 11) is 0. The highest BCUT2D eigenvalue weighted by molar-refractivity contribution is 6.34. The average molecular weight is 386 g/mol. The summed E-state index contributed by atoms with van der Waals surface area (Å²) in [5.74, 6) is -0.890. The summed E-state index contributed by atoms with van der Waals surface area (Å²) in [4.78, 5) is 12.9. The fourth-order valence-corrected chi connectivity index (χ4v) is 2.79. The van der Waals surface area contributed by atoms with Crippen LogP contribution in [0.15, 0.2) is 72.8 Å². The van der Waals surface area contributed by atoms with Crippen molar-refractivity contribution < 1.29 is 9.18 Å². The first-order valence-corrected chi connectivity index (χ1v) is 8.58. The van der Waals surface area contributed by atoms with Gasteiger partial charge in [0.15, 0.2) is 0 Å². The monoisotopic (exact) mass is 385 g/mol. The number of halogens is 3. The number of nitrogens with one attached hydrogen (secondary N) is 1. The smallest absolute Gasteiger partial charge is 0.256 e. The van der Waals surface area contributed by atoms with E-state index in [1.165, 1.54) is 18.2 Å². The van der Waals surface area contributed by atoms with E-state index in [2.05, 4.69) is 5.32 Å². The van der Waals surface area contributed by atoms with Crippen LogP contribution in [0.3, 0.4) is 0 Å². The summed E-state index contributed by atoms with van der Waals surface area (Å²) in [5.41, 5.74) is 2.29. The Balaban J connectivity index is 1.99. The molecule has 2 nitrogen and oxygen atoms in total. The second-order valence-electron chi connectivity index (χ2n) is 5.53. The summed E-state index contributed by atoms with van der Waals surface area (Å²) in [6, 6.07) is 20.5. The normalized spacial score (nSPS) is 11.3. The molecule has 130 valence electrons. The predicted molar refractivity (Wildman–Crippen MR) is 106 cm³/mol. The van der Waals surface area contributed by atoms with Crippen molar-refractivity contribution in [1.29, 1.82) is 0 Å². The van der Waals surface area contributed by atoms with E-state index in [1.807, 2.05) is 48.5 Å². The second kappa shape index (κ2) is 8.17. The fraction of sp³-hybridized carbons (Fsp3) is 0. The summed E-state index contributed by atoms with van der Waals surface area (Å²) in [6.45, 7) is 0. The molecule has 1 N–H and O–H groups in total. The Morgan fingerprint density at radius 3 is 2.27 bits per heavy atom. The van der Waals surface area contributed by atoms with E-state index in [-0.39, 0.29) is 10.9 Å². The lowest BCUT2D eigenvalue weighted by atomic mass is 10.0. The van der Waals surface area contributed by atoms with Crippen LogP contribution in [-0.4, -0.2) is 5.91 Å². The quantitative estimate of drug-likeness (QED) is 0.413. The minimum atomic E-state index is -0.542. The number of anilines is 1. The van der Waals surface area contributed by atoms with Gasteiger partial charge in [0.05, 0.1) is 5.02 Å². The van der Waals surface area contributed by atoms with E-state index in [9.17, 15) is 9.18 Å². The van der Waals surface area contributed by atoms with Crippen LogP contribution in [-0.2, 0) is 4.79 Å². The molecule has 0 aromatic heterocycles. The predicted octanol–water partition coefficient (Wildman–Crippen LogP) is 6.31. The molecule has 0 aliphatic rings. The van der Waals surface area contributed by atoms with Gasteiger partial charge in [0, 0.05) is 16.3 Å². The number of hydrogen-bond donors (Lipinski definition) is 1. The van der Waals surface area contributed by atoms with E-state index in [0.29, 0.717) is 16.3 Å². The average Bonchev–Trinajstić information content (AvgIpc) is 2.64. The molecule has 0 aliphatic carbocycles. The molecular weight excluding hydrogens is 372 g/mol. The second-order valence-corrected chi connectivity index (χ2v) is 6.34. The Kier molecular flexibility index (Phi) is 5.71. The Morgan fingerprint density at radius 1 is 0.885 bits per heavy atom. The lowest BCUT2D eigenvalue weighted by Gasteiger charge is -2.11. The van der Waals surface area contributed by atoms with Gasteiger partial charge >= 0.3 is 0 Å². The Morgan fingerprint density at radius 2 is 1.58 bits per heavy atom. The summed E-state index contributed by atoms with van der Waals surface area (Å²) < 4.78 is 13.3. The van der Waals surface area contributed by atoms with E-state index in [4.69, 9.17) is 23.2 Å². The summed E-state index contributed by atoms with van der Waals surface area (Å²) in [5, 5.41) is 3.23. The standard InChI is InChI=1S/C21H14Cl2FNO/c22-18-9-5-4-8-15(18)12-17(14-6-2-1-3-7-14)21(26)25-16-10-11-20(24)19(23)13-16/h1-13H,(H,25,26)/b17-12+. The maximum Gasteiger partial charge on any atom is 0.256 e. The highest BCUT2D eigenvalue weighted by atomic mass is 35.5. The zero-order valence-electron chi connectivity index (χ0n) is 13.5. The van der Waals surface area contributed by atoms with Gasteiger partial charge in [-0.1, -0.05) is 71.7 Å². The number of carbonyl (C=O) groups is 1. The molecule has 0 spiro atoms. The SMILES string of the molecule is O=C(Nc1ccc(F)c(Cl)c1)/C(=C/c1ccccc1Cl)c1ccccc1. The molecule has 3 aromatic rings. The van der Waals surface area contributed by atoms with Crippen LogP contribution in [0.2, 0.25) is 10.0 Å². The van der Waals surface area contributed by atoms with Crippen LogP contribution in [0.4, 0.5) is 10.1 Å². The first kappa shape index (κ1) is 18.2. The molecule has 0 heterocycles. The third-order valence-electron chi connectivity index (χ3n) is 3.71. The number of benzene rings is 3. The Hall–Kier alpha value is -2.62. The highest BCUT2D eigenvalue weighted by Gasteiger charge is 2.14. The number of carbonyl (C=O) groups excluding carboxylic acids is 1. The Bertz CT molecular complexity index is 971. The molecule has 1 amide bonds. The van der Waals surface area contributed by atoms with E-state index < -0.39 is 5.82 Å². The van der Waals surface area contributed by atoms with Crippen molar-refractivity contribution >= 4 is 46.4 Å². The van der Waals surface area contributed by atoms with Crippen LogP contribution in [0.5, 0.6) is 0 Å². The summed E-state index contributed by atoms with van der Waals surface area (Å²) >= 11 is 12.0. The molecule has 3 aromatic carbocycles. The molecule has 26 heavy (non-hydrogen) atoms. The van der Waals surface area contributed by atoms with Gasteiger partial charge in [-0.05, 0) is 41.5 Å². The minimum Gasteiger partial charge on any atom is -0.322 e. The molecule has 5 heteroatoms. The third kappa shape index (κ3) is 4.31. The first-order valence-electron chi connectivity index (χ1n) is 7.82. The van der Waals surface area contributed by atoms with Gasteiger partial charge in [0.2, 0.25) is 0 Å².